The summed E-state index contributed by atoms with van der Waals surface area (Å²) in [5.74, 6) is -0.288. The highest BCUT2D eigenvalue weighted by atomic mass is 35.5. The molecule has 0 aliphatic heterocycles. The molecule has 0 bridgehead atoms. The molecule has 1 aromatic heterocycles. The number of carbonyl (C=O) groups excluding carboxylic acids is 1. The van der Waals surface area contributed by atoms with Gasteiger partial charge < -0.3 is 11.1 Å². The number of amides is 1. The second-order valence-corrected chi connectivity index (χ2v) is 5.21. The van der Waals surface area contributed by atoms with Crippen molar-refractivity contribution >= 4 is 34.5 Å². The van der Waals surface area contributed by atoms with E-state index in [9.17, 15) is 4.79 Å². The molecule has 0 saturated heterocycles. The van der Waals surface area contributed by atoms with Crippen LogP contribution in [0.3, 0.4) is 0 Å². The van der Waals surface area contributed by atoms with Crippen LogP contribution >= 0.6 is 22.9 Å². The first-order valence-corrected chi connectivity index (χ1v) is 6.57. The minimum atomic E-state index is -0.288. The standard InChI is InChI=1S/C12H12ClN3OS/c1-7-16-8(6-18-7)5-15-12(17)11-9(13)3-2-4-10(11)14/h2-4,6H,5,14H2,1H3,(H,15,17). The van der Waals surface area contributed by atoms with Crippen molar-refractivity contribution in [2.45, 2.75) is 13.5 Å². The number of anilines is 1. The maximum atomic E-state index is 12.0. The van der Waals surface area contributed by atoms with E-state index in [0.29, 0.717) is 22.8 Å². The first-order chi connectivity index (χ1) is 8.58. The molecule has 1 amide bonds. The molecule has 4 nitrogen and oxygen atoms in total. The number of aromatic nitrogens is 1. The van der Waals surface area contributed by atoms with E-state index in [1.54, 1.807) is 29.5 Å². The Balaban J connectivity index is 2.08. The third-order valence-electron chi connectivity index (χ3n) is 2.37. The van der Waals surface area contributed by atoms with E-state index in [2.05, 4.69) is 10.3 Å². The van der Waals surface area contributed by atoms with Gasteiger partial charge in [0.05, 0.1) is 27.8 Å². The lowest BCUT2D eigenvalue weighted by Gasteiger charge is -2.07. The summed E-state index contributed by atoms with van der Waals surface area (Å²) in [6, 6.07) is 4.99. The van der Waals surface area contributed by atoms with Crippen LogP contribution in [-0.2, 0) is 6.54 Å². The van der Waals surface area contributed by atoms with Gasteiger partial charge in [-0.25, -0.2) is 4.98 Å². The van der Waals surface area contributed by atoms with E-state index >= 15 is 0 Å². The molecule has 2 aromatic rings. The van der Waals surface area contributed by atoms with Crippen molar-refractivity contribution in [2.24, 2.45) is 0 Å². The SMILES string of the molecule is Cc1nc(CNC(=O)c2c(N)cccc2Cl)cs1. The molecule has 0 saturated carbocycles. The smallest absolute Gasteiger partial charge is 0.255 e. The number of nitrogens with two attached hydrogens (primary N) is 1. The van der Waals surface area contributed by atoms with Gasteiger partial charge in [-0.15, -0.1) is 11.3 Å². The zero-order valence-corrected chi connectivity index (χ0v) is 11.3. The van der Waals surface area contributed by atoms with Crippen LogP contribution in [0.4, 0.5) is 5.69 Å². The summed E-state index contributed by atoms with van der Waals surface area (Å²) in [6.45, 7) is 2.29. The topological polar surface area (TPSA) is 68.0 Å². The summed E-state index contributed by atoms with van der Waals surface area (Å²) < 4.78 is 0. The molecule has 0 aliphatic carbocycles. The summed E-state index contributed by atoms with van der Waals surface area (Å²) in [5, 5.41) is 5.98. The Morgan fingerprint density at radius 2 is 2.33 bits per heavy atom. The van der Waals surface area contributed by atoms with Crippen LogP contribution in [-0.4, -0.2) is 10.9 Å². The van der Waals surface area contributed by atoms with Gasteiger partial charge >= 0.3 is 0 Å². The predicted octanol–water partition coefficient (Wildman–Crippen LogP) is 2.62. The molecule has 94 valence electrons. The van der Waals surface area contributed by atoms with E-state index in [1.807, 2.05) is 12.3 Å². The van der Waals surface area contributed by atoms with Gasteiger partial charge in [0.25, 0.3) is 5.91 Å². The molecule has 0 aliphatic rings. The zero-order valence-electron chi connectivity index (χ0n) is 9.74. The number of rotatable bonds is 3. The maximum Gasteiger partial charge on any atom is 0.255 e. The Morgan fingerprint density at radius 1 is 1.56 bits per heavy atom. The Hall–Kier alpha value is -1.59. The molecule has 3 N–H and O–H groups in total. The lowest BCUT2D eigenvalue weighted by Crippen LogP contribution is -2.24. The van der Waals surface area contributed by atoms with Crippen molar-refractivity contribution < 1.29 is 4.79 Å². The normalized spacial score (nSPS) is 10.3. The minimum absolute atomic E-state index is 0.288. The second-order valence-electron chi connectivity index (χ2n) is 3.74. The third-order valence-corrected chi connectivity index (χ3v) is 3.51. The molecule has 0 radical (unpaired) electrons. The van der Waals surface area contributed by atoms with Crippen molar-refractivity contribution in [1.29, 1.82) is 0 Å². The Bertz CT molecular complexity index is 562. The molecular weight excluding hydrogens is 270 g/mol. The summed E-state index contributed by atoms with van der Waals surface area (Å²) in [7, 11) is 0. The van der Waals surface area contributed by atoms with Gasteiger partial charge in [0.15, 0.2) is 0 Å². The predicted molar refractivity (Wildman–Crippen MR) is 73.9 cm³/mol. The van der Waals surface area contributed by atoms with Crippen LogP contribution in [0, 0.1) is 6.92 Å². The number of thiazole rings is 1. The molecule has 6 heteroatoms. The van der Waals surface area contributed by atoms with Crippen LogP contribution in [0.1, 0.15) is 21.1 Å². The van der Waals surface area contributed by atoms with Crippen molar-refractivity contribution in [3.05, 3.63) is 44.9 Å². The molecule has 0 atom stereocenters. The highest BCUT2D eigenvalue weighted by Gasteiger charge is 2.13. The molecule has 2 rings (SSSR count). The van der Waals surface area contributed by atoms with E-state index in [0.717, 1.165) is 10.7 Å². The average molecular weight is 282 g/mol. The van der Waals surface area contributed by atoms with Crippen LogP contribution in [0.25, 0.3) is 0 Å². The summed E-state index contributed by atoms with van der Waals surface area (Å²) in [6.07, 6.45) is 0. The first kappa shape index (κ1) is 12.9. The van der Waals surface area contributed by atoms with Crippen LogP contribution < -0.4 is 11.1 Å². The van der Waals surface area contributed by atoms with Crippen molar-refractivity contribution in [1.82, 2.24) is 10.3 Å². The Morgan fingerprint density at radius 3 is 2.94 bits per heavy atom. The van der Waals surface area contributed by atoms with Gasteiger partial charge in [-0.2, -0.15) is 0 Å². The van der Waals surface area contributed by atoms with Gasteiger partial charge in [-0.1, -0.05) is 17.7 Å². The summed E-state index contributed by atoms with van der Waals surface area (Å²) >= 11 is 7.50. The summed E-state index contributed by atoms with van der Waals surface area (Å²) in [5.41, 5.74) is 7.25. The van der Waals surface area contributed by atoms with Crippen LogP contribution in [0.15, 0.2) is 23.6 Å². The molecule has 0 fully saturated rings. The van der Waals surface area contributed by atoms with Crippen molar-refractivity contribution in [3.8, 4) is 0 Å². The maximum absolute atomic E-state index is 12.0. The van der Waals surface area contributed by atoms with Gasteiger partial charge in [0.2, 0.25) is 0 Å². The largest absolute Gasteiger partial charge is 0.398 e. The number of hydrogen-bond acceptors (Lipinski definition) is 4. The van der Waals surface area contributed by atoms with Crippen molar-refractivity contribution in [2.75, 3.05) is 5.73 Å². The fourth-order valence-corrected chi connectivity index (χ4v) is 2.41. The summed E-state index contributed by atoms with van der Waals surface area (Å²) in [4.78, 5) is 16.2. The number of nitrogen functional groups attached to an aromatic ring is 1. The van der Waals surface area contributed by atoms with Gasteiger partial charge in [0.1, 0.15) is 0 Å². The number of carbonyl (C=O) groups is 1. The lowest BCUT2D eigenvalue weighted by atomic mass is 10.1. The minimum Gasteiger partial charge on any atom is -0.398 e. The number of nitrogens with one attached hydrogen (secondary N) is 1. The van der Waals surface area contributed by atoms with E-state index < -0.39 is 0 Å². The zero-order chi connectivity index (χ0) is 13.1. The van der Waals surface area contributed by atoms with Crippen LogP contribution in [0.2, 0.25) is 5.02 Å². The fourth-order valence-electron chi connectivity index (χ4n) is 1.53. The third kappa shape index (κ3) is 2.80. The van der Waals surface area contributed by atoms with Gasteiger partial charge in [0, 0.05) is 11.1 Å². The highest BCUT2D eigenvalue weighted by molar-refractivity contribution is 7.09. The second kappa shape index (κ2) is 5.37. The molecule has 1 heterocycles. The number of aryl methyl sites for hydroxylation is 1. The Labute approximate surface area is 114 Å². The van der Waals surface area contributed by atoms with Gasteiger partial charge in [-0.3, -0.25) is 4.79 Å². The molecule has 1 aromatic carbocycles. The van der Waals surface area contributed by atoms with Crippen LogP contribution in [0.5, 0.6) is 0 Å². The first-order valence-electron chi connectivity index (χ1n) is 5.31. The van der Waals surface area contributed by atoms with E-state index in [4.69, 9.17) is 17.3 Å². The lowest BCUT2D eigenvalue weighted by molar-refractivity contribution is 0.0951. The number of nitrogens with zero attached hydrogens (tertiary/aromatic N) is 1. The number of benzene rings is 1. The van der Waals surface area contributed by atoms with Crippen molar-refractivity contribution in [3.63, 3.8) is 0 Å². The van der Waals surface area contributed by atoms with E-state index in [-0.39, 0.29) is 5.91 Å². The average Bonchev–Trinajstić information content (AvgIpc) is 2.72. The number of hydrogen-bond donors (Lipinski definition) is 2. The quantitative estimate of drug-likeness (QED) is 0.850. The van der Waals surface area contributed by atoms with Gasteiger partial charge in [-0.05, 0) is 19.1 Å². The fraction of sp³-hybridized carbons (Fsp3) is 0.167. The van der Waals surface area contributed by atoms with E-state index in [1.165, 1.54) is 0 Å². The highest BCUT2D eigenvalue weighted by Crippen LogP contribution is 2.21. The number of halogens is 1. The molecule has 0 unspecified atom stereocenters. The Kier molecular flexibility index (Phi) is 3.84. The molecular formula is C12H12ClN3OS. The molecule has 0 spiro atoms. The monoisotopic (exact) mass is 281 g/mol. The molecule has 18 heavy (non-hydrogen) atoms.